The Balaban J connectivity index is 2.97. The average Bonchev–Trinajstić information content (AvgIpc) is 2.11. The third-order valence-corrected chi connectivity index (χ3v) is 2.03. The molecular weight excluding hydrogens is 164 g/mol. The van der Waals surface area contributed by atoms with Crippen molar-refractivity contribution in [2.24, 2.45) is 5.73 Å². The minimum atomic E-state index is 0.317. The van der Waals surface area contributed by atoms with E-state index in [1.165, 1.54) is 19.3 Å². The second-order valence-corrected chi connectivity index (χ2v) is 3.36. The zero-order valence-corrected chi connectivity index (χ0v) is 9.01. The van der Waals surface area contributed by atoms with Crippen LogP contribution in [0.2, 0.25) is 0 Å². The third kappa shape index (κ3) is 9.80. The van der Waals surface area contributed by atoms with E-state index in [-0.39, 0.29) is 0 Å². The first kappa shape index (κ1) is 12.9. The number of ether oxygens (including phenoxy) is 1. The van der Waals surface area contributed by atoms with Crippen LogP contribution in [0.15, 0.2) is 0 Å². The Morgan fingerprint density at radius 3 is 2.69 bits per heavy atom. The fourth-order valence-corrected chi connectivity index (χ4v) is 1.30. The second-order valence-electron chi connectivity index (χ2n) is 3.36. The number of hydrogen-bond acceptors (Lipinski definition) is 3. The molecule has 3 heteroatoms. The van der Waals surface area contributed by atoms with Crippen LogP contribution in [0.25, 0.3) is 0 Å². The van der Waals surface area contributed by atoms with Crippen LogP contribution in [0, 0.1) is 0 Å². The Bertz CT molecular complexity index is 98.9. The number of hydrogen-bond donors (Lipinski definition) is 2. The normalized spacial score (nSPS) is 13.2. The van der Waals surface area contributed by atoms with Gasteiger partial charge in [-0.15, -0.1) is 0 Å². The molecule has 0 aromatic heterocycles. The van der Waals surface area contributed by atoms with E-state index in [4.69, 9.17) is 10.5 Å². The Kier molecular flexibility index (Phi) is 9.87. The molecule has 0 aliphatic rings. The minimum Gasteiger partial charge on any atom is -0.382 e. The average molecular weight is 188 g/mol. The summed E-state index contributed by atoms with van der Waals surface area (Å²) in [6.45, 7) is 4.69. The largest absolute Gasteiger partial charge is 0.382 e. The molecule has 0 amide bonds. The van der Waals surface area contributed by atoms with Gasteiger partial charge in [-0.05, 0) is 26.8 Å². The van der Waals surface area contributed by atoms with Gasteiger partial charge in [-0.25, -0.2) is 0 Å². The molecule has 0 radical (unpaired) electrons. The molecule has 3 nitrogen and oxygen atoms in total. The van der Waals surface area contributed by atoms with Gasteiger partial charge in [-0.2, -0.15) is 0 Å². The summed E-state index contributed by atoms with van der Waals surface area (Å²) in [7, 11) is 1.94. The molecule has 0 heterocycles. The quantitative estimate of drug-likeness (QED) is 0.533. The molecule has 1 atom stereocenters. The predicted octanol–water partition coefficient (Wildman–Crippen LogP) is 1.13. The van der Waals surface area contributed by atoms with Crippen LogP contribution in [-0.4, -0.2) is 32.8 Å². The van der Waals surface area contributed by atoms with Gasteiger partial charge in [0.25, 0.3) is 0 Å². The highest BCUT2D eigenvalue weighted by Gasteiger charge is 1.99. The Morgan fingerprint density at radius 1 is 1.31 bits per heavy atom. The van der Waals surface area contributed by atoms with Crippen molar-refractivity contribution < 1.29 is 4.74 Å². The number of likely N-dealkylation sites (N-methyl/N-ethyl adjacent to an activating group) is 1. The first-order valence-corrected chi connectivity index (χ1v) is 5.29. The summed E-state index contributed by atoms with van der Waals surface area (Å²) in [5.41, 5.74) is 5.83. The van der Waals surface area contributed by atoms with E-state index in [0.29, 0.717) is 6.04 Å². The van der Waals surface area contributed by atoms with Crippen molar-refractivity contribution in [3.05, 3.63) is 0 Å². The summed E-state index contributed by atoms with van der Waals surface area (Å²) >= 11 is 0. The van der Waals surface area contributed by atoms with Crippen LogP contribution in [-0.2, 0) is 4.74 Å². The molecule has 0 saturated heterocycles. The Hall–Kier alpha value is -0.120. The van der Waals surface area contributed by atoms with Gasteiger partial charge < -0.3 is 15.8 Å². The smallest absolute Gasteiger partial charge is 0.0465 e. The van der Waals surface area contributed by atoms with E-state index < -0.39 is 0 Å². The molecule has 0 unspecified atom stereocenters. The second kappa shape index (κ2) is 9.96. The highest BCUT2D eigenvalue weighted by atomic mass is 16.5. The number of nitrogens with one attached hydrogen (secondary N) is 1. The zero-order chi connectivity index (χ0) is 9.94. The van der Waals surface area contributed by atoms with Crippen molar-refractivity contribution in [2.45, 2.75) is 38.6 Å². The van der Waals surface area contributed by atoms with Crippen LogP contribution in [0.3, 0.4) is 0 Å². The summed E-state index contributed by atoms with van der Waals surface area (Å²) in [4.78, 5) is 0. The molecule has 0 aliphatic heterocycles. The molecule has 0 bridgehead atoms. The van der Waals surface area contributed by atoms with Gasteiger partial charge >= 0.3 is 0 Å². The van der Waals surface area contributed by atoms with Gasteiger partial charge in [-0.3, -0.25) is 0 Å². The molecule has 0 rings (SSSR count). The van der Waals surface area contributed by atoms with Crippen LogP contribution >= 0.6 is 0 Å². The topological polar surface area (TPSA) is 47.3 Å². The maximum atomic E-state index is 5.83. The SMILES string of the molecule is CCOCCCCC[C@H](N)CNC. The summed E-state index contributed by atoms with van der Waals surface area (Å²) in [5, 5.41) is 3.08. The number of nitrogens with two attached hydrogens (primary N) is 1. The van der Waals surface area contributed by atoms with Gasteiger partial charge in [-0.1, -0.05) is 12.8 Å². The summed E-state index contributed by atoms with van der Waals surface area (Å²) in [6, 6.07) is 0.317. The van der Waals surface area contributed by atoms with Crippen molar-refractivity contribution in [2.75, 3.05) is 26.8 Å². The van der Waals surface area contributed by atoms with E-state index >= 15 is 0 Å². The molecule has 0 saturated carbocycles. The zero-order valence-electron chi connectivity index (χ0n) is 9.01. The predicted molar refractivity (Wildman–Crippen MR) is 56.9 cm³/mol. The van der Waals surface area contributed by atoms with E-state index in [9.17, 15) is 0 Å². The maximum Gasteiger partial charge on any atom is 0.0465 e. The van der Waals surface area contributed by atoms with E-state index in [1.807, 2.05) is 14.0 Å². The van der Waals surface area contributed by atoms with E-state index in [2.05, 4.69) is 5.32 Å². The van der Waals surface area contributed by atoms with Gasteiger partial charge in [0, 0.05) is 25.8 Å². The van der Waals surface area contributed by atoms with Gasteiger partial charge in [0.15, 0.2) is 0 Å². The van der Waals surface area contributed by atoms with Crippen molar-refractivity contribution in [1.82, 2.24) is 5.32 Å². The molecule has 0 aromatic rings. The van der Waals surface area contributed by atoms with Crippen LogP contribution in [0.5, 0.6) is 0 Å². The highest BCUT2D eigenvalue weighted by molar-refractivity contribution is 4.62. The highest BCUT2D eigenvalue weighted by Crippen LogP contribution is 2.01. The maximum absolute atomic E-state index is 5.83. The van der Waals surface area contributed by atoms with Crippen LogP contribution in [0.4, 0.5) is 0 Å². The molecular formula is C10H24N2O. The van der Waals surface area contributed by atoms with Crippen LogP contribution < -0.4 is 11.1 Å². The first-order valence-electron chi connectivity index (χ1n) is 5.29. The standard InChI is InChI=1S/C10H24N2O/c1-3-13-8-6-4-5-7-10(11)9-12-2/h10,12H,3-9,11H2,1-2H3/t10-/m0/s1. The molecule has 0 spiro atoms. The van der Waals surface area contributed by atoms with Crippen molar-refractivity contribution in [1.29, 1.82) is 0 Å². The lowest BCUT2D eigenvalue weighted by molar-refractivity contribution is 0.142. The summed E-state index contributed by atoms with van der Waals surface area (Å²) in [6.07, 6.45) is 4.74. The lowest BCUT2D eigenvalue weighted by Gasteiger charge is -2.09. The van der Waals surface area contributed by atoms with Crippen molar-refractivity contribution in [3.63, 3.8) is 0 Å². The van der Waals surface area contributed by atoms with E-state index in [0.717, 1.165) is 26.2 Å². The van der Waals surface area contributed by atoms with Crippen molar-refractivity contribution >= 4 is 0 Å². The lowest BCUT2D eigenvalue weighted by Crippen LogP contribution is -2.31. The van der Waals surface area contributed by atoms with Gasteiger partial charge in [0.05, 0.1) is 0 Å². The molecule has 0 aliphatic carbocycles. The Labute approximate surface area is 82.0 Å². The minimum absolute atomic E-state index is 0.317. The summed E-state index contributed by atoms with van der Waals surface area (Å²) in [5.74, 6) is 0. The first-order chi connectivity index (χ1) is 6.31. The Morgan fingerprint density at radius 2 is 2.08 bits per heavy atom. The number of unbranched alkanes of at least 4 members (excludes halogenated alkanes) is 2. The molecule has 80 valence electrons. The van der Waals surface area contributed by atoms with Gasteiger partial charge in [0.2, 0.25) is 0 Å². The molecule has 0 aromatic carbocycles. The number of rotatable bonds is 9. The molecule has 13 heavy (non-hydrogen) atoms. The summed E-state index contributed by atoms with van der Waals surface area (Å²) < 4.78 is 5.24. The fourth-order valence-electron chi connectivity index (χ4n) is 1.30. The monoisotopic (exact) mass is 188 g/mol. The van der Waals surface area contributed by atoms with Crippen LogP contribution in [0.1, 0.15) is 32.6 Å². The van der Waals surface area contributed by atoms with Gasteiger partial charge in [0.1, 0.15) is 0 Å². The molecule has 0 fully saturated rings. The fraction of sp³-hybridized carbons (Fsp3) is 1.00. The lowest BCUT2D eigenvalue weighted by atomic mass is 10.1. The van der Waals surface area contributed by atoms with E-state index in [1.54, 1.807) is 0 Å². The third-order valence-electron chi connectivity index (χ3n) is 2.03. The van der Waals surface area contributed by atoms with Crippen molar-refractivity contribution in [3.8, 4) is 0 Å². The molecule has 3 N–H and O–H groups in total.